The summed E-state index contributed by atoms with van der Waals surface area (Å²) >= 11 is 12.2. The molecule has 0 bridgehead atoms. The second-order valence-corrected chi connectivity index (χ2v) is 10.9. The normalized spacial score (nSPS) is 17.5. The van der Waals surface area contributed by atoms with Crippen molar-refractivity contribution in [3.63, 3.8) is 0 Å². The van der Waals surface area contributed by atoms with Gasteiger partial charge in [-0.1, -0.05) is 41.4 Å². The van der Waals surface area contributed by atoms with Crippen molar-refractivity contribution in [1.29, 1.82) is 0 Å². The summed E-state index contributed by atoms with van der Waals surface area (Å²) in [5.74, 6) is 0.0637. The van der Waals surface area contributed by atoms with Crippen LogP contribution in [0.3, 0.4) is 0 Å². The van der Waals surface area contributed by atoms with Crippen LogP contribution in [-0.2, 0) is 24.3 Å². The number of hydrogen-bond donors (Lipinski definition) is 2. The highest BCUT2D eigenvalue weighted by atomic mass is 35.5. The number of carbonyl (C=O) groups is 1. The summed E-state index contributed by atoms with van der Waals surface area (Å²) in [5.41, 5.74) is 5.04. The highest BCUT2D eigenvalue weighted by Gasteiger charge is 2.28. The first-order valence-corrected chi connectivity index (χ1v) is 13.6. The standard InChI is InChI=1S/C28H33Cl2N5O2/c1-19(36)34-14-11-27-26(18-34)28(20-5-7-21(29)8-6-20)32-35(27)17-25(37)16-33-12-9-23(10-13-33)31-24-4-2-3-22(30)15-24/h2-8,15,23,25,31,37H,9-14,16-18H2,1H3. The number of aliphatic hydroxyl groups excluding tert-OH is 1. The van der Waals surface area contributed by atoms with Crippen LogP contribution in [0.25, 0.3) is 11.3 Å². The number of carbonyl (C=O) groups excluding carboxylic acids is 1. The smallest absolute Gasteiger partial charge is 0.219 e. The lowest BCUT2D eigenvalue weighted by Gasteiger charge is -2.34. The number of nitrogens with one attached hydrogen (secondary N) is 1. The van der Waals surface area contributed by atoms with E-state index in [1.807, 2.05) is 58.1 Å². The zero-order valence-electron chi connectivity index (χ0n) is 21.0. The number of fused-ring (bicyclic) bond motifs is 1. The van der Waals surface area contributed by atoms with Gasteiger partial charge in [0.05, 0.1) is 18.3 Å². The lowest BCUT2D eigenvalue weighted by Crippen LogP contribution is -2.43. The number of nitrogens with zero attached hydrogens (tertiary/aromatic N) is 4. The number of halogens is 2. The molecule has 3 aromatic rings. The number of rotatable bonds is 7. The van der Waals surface area contributed by atoms with E-state index < -0.39 is 6.10 Å². The molecule has 7 nitrogen and oxygen atoms in total. The average Bonchev–Trinajstić information content (AvgIpc) is 3.23. The highest BCUT2D eigenvalue weighted by molar-refractivity contribution is 6.31. The Morgan fingerprint density at radius 3 is 2.54 bits per heavy atom. The quantitative estimate of drug-likeness (QED) is 0.453. The van der Waals surface area contributed by atoms with E-state index in [1.165, 1.54) is 0 Å². The Hall–Kier alpha value is -2.58. The maximum atomic E-state index is 12.1. The molecule has 2 N–H and O–H groups in total. The zero-order valence-corrected chi connectivity index (χ0v) is 22.5. The van der Waals surface area contributed by atoms with Crippen LogP contribution < -0.4 is 5.32 Å². The molecule has 0 spiro atoms. The highest BCUT2D eigenvalue weighted by Crippen LogP contribution is 2.31. The van der Waals surface area contributed by atoms with Crippen molar-refractivity contribution in [2.75, 3.05) is 31.5 Å². The molecule has 2 aliphatic rings. The van der Waals surface area contributed by atoms with Crippen molar-refractivity contribution in [1.82, 2.24) is 19.6 Å². The molecule has 196 valence electrons. The van der Waals surface area contributed by atoms with E-state index in [0.717, 1.165) is 65.6 Å². The van der Waals surface area contributed by atoms with Crippen molar-refractivity contribution in [3.8, 4) is 11.3 Å². The summed E-state index contributed by atoms with van der Waals surface area (Å²) in [5, 5.41) is 20.9. The summed E-state index contributed by atoms with van der Waals surface area (Å²) in [6.07, 6.45) is 2.21. The Balaban J connectivity index is 1.23. The second-order valence-electron chi connectivity index (χ2n) is 10.0. The Morgan fingerprint density at radius 2 is 1.84 bits per heavy atom. The van der Waals surface area contributed by atoms with Crippen LogP contribution in [0.2, 0.25) is 10.0 Å². The predicted octanol–water partition coefficient (Wildman–Crippen LogP) is 4.70. The van der Waals surface area contributed by atoms with E-state index in [9.17, 15) is 9.90 Å². The van der Waals surface area contributed by atoms with Crippen LogP contribution in [0.4, 0.5) is 5.69 Å². The lowest BCUT2D eigenvalue weighted by atomic mass is 10.0. The molecule has 0 radical (unpaired) electrons. The molecule has 2 aliphatic heterocycles. The molecule has 37 heavy (non-hydrogen) atoms. The van der Waals surface area contributed by atoms with Gasteiger partial charge in [0.25, 0.3) is 0 Å². The minimum atomic E-state index is -0.537. The SMILES string of the molecule is CC(=O)N1CCc2c(c(-c3ccc(Cl)cc3)nn2CC(O)CN2CCC(Nc3cccc(Cl)c3)CC2)C1. The number of likely N-dealkylation sites (tertiary alicyclic amines) is 1. The van der Waals surface area contributed by atoms with Crippen molar-refractivity contribution in [2.45, 2.75) is 51.4 Å². The summed E-state index contributed by atoms with van der Waals surface area (Å²) in [6.45, 7) is 5.69. The minimum Gasteiger partial charge on any atom is -0.390 e. The van der Waals surface area contributed by atoms with Crippen LogP contribution in [0.5, 0.6) is 0 Å². The van der Waals surface area contributed by atoms with Crippen molar-refractivity contribution in [3.05, 3.63) is 69.8 Å². The number of aliphatic hydroxyl groups is 1. The van der Waals surface area contributed by atoms with Crippen LogP contribution in [0.15, 0.2) is 48.5 Å². The molecule has 1 saturated heterocycles. The van der Waals surface area contributed by atoms with E-state index in [4.69, 9.17) is 28.3 Å². The third kappa shape index (κ3) is 6.29. The second kappa shape index (κ2) is 11.4. The lowest BCUT2D eigenvalue weighted by molar-refractivity contribution is -0.129. The fourth-order valence-corrected chi connectivity index (χ4v) is 5.70. The number of hydrogen-bond acceptors (Lipinski definition) is 5. The Kier molecular flexibility index (Phi) is 8.05. The zero-order chi connectivity index (χ0) is 25.9. The van der Waals surface area contributed by atoms with Crippen molar-refractivity contribution >= 4 is 34.8 Å². The number of piperidine rings is 1. The van der Waals surface area contributed by atoms with Gasteiger partial charge >= 0.3 is 0 Å². The fourth-order valence-electron chi connectivity index (χ4n) is 5.38. The number of aromatic nitrogens is 2. The van der Waals surface area contributed by atoms with Gasteiger partial charge < -0.3 is 20.2 Å². The van der Waals surface area contributed by atoms with Crippen LogP contribution >= 0.6 is 23.2 Å². The summed E-state index contributed by atoms with van der Waals surface area (Å²) in [4.78, 5) is 16.3. The molecule has 0 saturated carbocycles. The van der Waals surface area contributed by atoms with Gasteiger partial charge in [-0.25, -0.2) is 0 Å². The summed E-state index contributed by atoms with van der Waals surface area (Å²) in [7, 11) is 0. The Morgan fingerprint density at radius 1 is 1.08 bits per heavy atom. The predicted molar refractivity (Wildman–Crippen MR) is 148 cm³/mol. The van der Waals surface area contributed by atoms with Crippen LogP contribution in [0.1, 0.15) is 31.0 Å². The van der Waals surface area contributed by atoms with Gasteiger partial charge in [0, 0.05) is 84.7 Å². The first-order chi connectivity index (χ1) is 17.9. The van der Waals surface area contributed by atoms with E-state index in [0.29, 0.717) is 37.2 Å². The number of β-amino-alcohol motifs (C(OH)–C–C–N with tert-alkyl or cyclic N) is 1. The Bertz CT molecular complexity index is 1240. The van der Waals surface area contributed by atoms with Gasteiger partial charge in [-0.15, -0.1) is 0 Å². The number of anilines is 1. The van der Waals surface area contributed by atoms with Gasteiger partial charge in [-0.05, 0) is 43.2 Å². The molecule has 1 fully saturated rings. The van der Waals surface area contributed by atoms with E-state index in [-0.39, 0.29) is 5.91 Å². The van der Waals surface area contributed by atoms with E-state index >= 15 is 0 Å². The molecule has 2 aromatic carbocycles. The summed E-state index contributed by atoms with van der Waals surface area (Å²) in [6, 6.07) is 15.9. The monoisotopic (exact) mass is 541 g/mol. The minimum absolute atomic E-state index is 0.0637. The molecule has 3 heterocycles. The maximum absolute atomic E-state index is 12.1. The largest absolute Gasteiger partial charge is 0.390 e. The van der Waals surface area contributed by atoms with Crippen LogP contribution in [-0.4, -0.2) is 68.9 Å². The van der Waals surface area contributed by atoms with E-state index in [2.05, 4.69) is 10.2 Å². The van der Waals surface area contributed by atoms with Crippen LogP contribution in [0, 0.1) is 0 Å². The third-order valence-electron chi connectivity index (χ3n) is 7.33. The van der Waals surface area contributed by atoms with Gasteiger partial charge in [-0.2, -0.15) is 5.10 Å². The molecule has 9 heteroatoms. The molecule has 5 rings (SSSR count). The molecular weight excluding hydrogens is 509 g/mol. The fraction of sp³-hybridized carbons (Fsp3) is 0.429. The van der Waals surface area contributed by atoms with E-state index in [1.54, 1.807) is 6.92 Å². The average molecular weight is 543 g/mol. The number of amides is 1. The number of benzene rings is 2. The summed E-state index contributed by atoms with van der Waals surface area (Å²) < 4.78 is 1.95. The maximum Gasteiger partial charge on any atom is 0.219 e. The molecule has 1 atom stereocenters. The van der Waals surface area contributed by atoms with Gasteiger partial charge in [0.1, 0.15) is 0 Å². The molecule has 1 unspecified atom stereocenters. The third-order valence-corrected chi connectivity index (χ3v) is 7.82. The van der Waals surface area contributed by atoms with Crippen molar-refractivity contribution in [2.24, 2.45) is 0 Å². The topological polar surface area (TPSA) is 73.6 Å². The molecule has 1 amide bonds. The molecule has 0 aliphatic carbocycles. The van der Waals surface area contributed by atoms with Gasteiger partial charge in [-0.3, -0.25) is 9.48 Å². The molecular formula is C28H33Cl2N5O2. The van der Waals surface area contributed by atoms with Gasteiger partial charge in [0.2, 0.25) is 5.91 Å². The van der Waals surface area contributed by atoms with Gasteiger partial charge in [0.15, 0.2) is 0 Å². The molecule has 1 aromatic heterocycles. The first kappa shape index (κ1) is 26.0. The first-order valence-electron chi connectivity index (χ1n) is 12.9. The Labute approximate surface area is 228 Å². The van der Waals surface area contributed by atoms with Crippen molar-refractivity contribution < 1.29 is 9.90 Å².